The van der Waals surface area contributed by atoms with Crippen LogP contribution in [0.5, 0.6) is 0 Å². The highest BCUT2D eigenvalue weighted by Crippen LogP contribution is 2.33. The molecule has 0 aliphatic carbocycles. The lowest BCUT2D eigenvalue weighted by molar-refractivity contribution is 0.0607. The molecule has 2 aliphatic heterocycles. The van der Waals surface area contributed by atoms with Crippen LogP contribution in [0, 0.1) is 6.92 Å². The van der Waals surface area contributed by atoms with Gasteiger partial charge in [-0.15, -0.1) is 0 Å². The van der Waals surface area contributed by atoms with Crippen molar-refractivity contribution in [3.8, 4) is 0 Å². The number of thiocarbonyl (C=S) groups is 1. The molecule has 0 aromatic carbocycles. The Kier molecular flexibility index (Phi) is 4.08. The summed E-state index contributed by atoms with van der Waals surface area (Å²) in [6.45, 7) is 1.94. The van der Waals surface area contributed by atoms with E-state index in [0.717, 1.165) is 18.5 Å². The summed E-state index contributed by atoms with van der Waals surface area (Å²) in [7, 11) is 2.26. The minimum Gasteiger partial charge on any atom is -0.388 e. The SMILES string of the molecule is Cc1cc(C(N)=S)nc(NC2CC3CCCC(C2)N3C)n1. The van der Waals surface area contributed by atoms with Crippen LogP contribution >= 0.6 is 12.2 Å². The normalized spacial score (nSPS) is 29.1. The standard InChI is InChI=1S/C15H23N5S/c1-9-6-13(14(16)21)19-15(17-9)18-10-7-11-4-3-5-12(8-10)20(11)2/h6,10-12H,3-5,7-8H2,1-2H3,(H2,16,21)(H,17,18,19). The fourth-order valence-corrected chi connectivity index (χ4v) is 3.78. The van der Waals surface area contributed by atoms with E-state index >= 15 is 0 Å². The molecule has 0 spiro atoms. The molecule has 0 radical (unpaired) electrons. The third-order valence-corrected chi connectivity index (χ3v) is 4.99. The van der Waals surface area contributed by atoms with Crippen molar-refractivity contribution in [2.45, 2.75) is 57.2 Å². The third kappa shape index (κ3) is 3.16. The summed E-state index contributed by atoms with van der Waals surface area (Å²) in [6.07, 6.45) is 6.29. The quantitative estimate of drug-likeness (QED) is 0.831. The van der Waals surface area contributed by atoms with Gasteiger partial charge in [-0.1, -0.05) is 18.6 Å². The minimum atomic E-state index is 0.323. The zero-order valence-electron chi connectivity index (χ0n) is 12.7. The van der Waals surface area contributed by atoms with E-state index in [1.807, 2.05) is 13.0 Å². The lowest BCUT2D eigenvalue weighted by Crippen LogP contribution is -2.52. The van der Waals surface area contributed by atoms with Crippen LogP contribution in [-0.4, -0.2) is 45.0 Å². The van der Waals surface area contributed by atoms with Crippen LogP contribution in [0.25, 0.3) is 0 Å². The van der Waals surface area contributed by atoms with Crippen molar-refractivity contribution in [1.29, 1.82) is 0 Å². The van der Waals surface area contributed by atoms with Gasteiger partial charge in [-0.25, -0.2) is 9.97 Å². The van der Waals surface area contributed by atoms with Crippen LogP contribution in [0.15, 0.2) is 6.07 Å². The molecule has 2 saturated heterocycles. The Bertz CT molecular complexity index is 533. The molecule has 21 heavy (non-hydrogen) atoms. The first-order valence-electron chi connectivity index (χ1n) is 7.67. The lowest BCUT2D eigenvalue weighted by atomic mass is 9.82. The van der Waals surface area contributed by atoms with Crippen LogP contribution in [-0.2, 0) is 0 Å². The van der Waals surface area contributed by atoms with E-state index in [0.29, 0.717) is 34.8 Å². The average Bonchev–Trinajstić information content (AvgIpc) is 2.39. The summed E-state index contributed by atoms with van der Waals surface area (Å²) in [6, 6.07) is 3.65. The van der Waals surface area contributed by atoms with Crippen molar-refractivity contribution in [3.05, 3.63) is 17.5 Å². The van der Waals surface area contributed by atoms with Gasteiger partial charge in [-0.2, -0.15) is 0 Å². The summed E-state index contributed by atoms with van der Waals surface area (Å²) in [5.41, 5.74) is 7.22. The van der Waals surface area contributed by atoms with Crippen molar-refractivity contribution < 1.29 is 0 Å². The van der Waals surface area contributed by atoms with E-state index in [1.165, 1.54) is 19.3 Å². The second kappa shape index (κ2) is 5.85. The van der Waals surface area contributed by atoms with Gasteiger partial charge in [-0.3, -0.25) is 0 Å². The van der Waals surface area contributed by atoms with Gasteiger partial charge in [0.05, 0.1) is 0 Å². The first-order chi connectivity index (χ1) is 10.0. The number of aryl methyl sites for hydroxylation is 1. The van der Waals surface area contributed by atoms with Crippen molar-refractivity contribution >= 4 is 23.2 Å². The third-order valence-electron chi connectivity index (χ3n) is 4.78. The number of nitrogens with zero attached hydrogens (tertiary/aromatic N) is 3. The number of nitrogens with one attached hydrogen (secondary N) is 1. The highest BCUT2D eigenvalue weighted by atomic mass is 32.1. The molecule has 2 aliphatic rings. The summed E-state index contributed by atoms with van der Waals surface area (Å²) in [5, 5.41) is 3.50. The van der Waals surface area contributed by atoms with E-state index in [2.05, 4.69) is 27.2 Å². The Hall–Kier alpha value is -1.27. The van der Waals surface area contributed by atoms with E-state index in [9.17, 15) is 0 Å². The molecule has 1 aromatic rings. The molecular weight excluding hydrogens is 282 g/mol. The van der Waals surface area contributed by atoms with Crippen LogP contribution < -0.4 is 11.1 Å². The average molecular weight is 305 g/mol. The topological polar surface area (TPSA) is 67.1 Å². The molecule has 6 heteroatoms. The van der Waals surface area contributed by atoms with Gasteiger partial charge in [0.15, 0.2) is 0 Å². The predicted molar refractivity (Wildman–Crippen MR) is 88.5 cm³/mol. The number of aromatic nitrogens is 2. The molecule has 114 valence electrons. The molecule has 3 rings (SSSR count). The second-order valence-corrected chi connectivity index (χ2v) is 6.74. The monoisotopic (exact) mass is 305 g/mol. The van der Waals surface area contributed by atoms with Crippen molar-refractivity contribution in [2.75, 3.05) is 12.4 Å². The molecular formula is C15H23N5S. The molecule has 2 bridgehead atoms. The van der Waals surface area contributed by atoms with E-state index < -0.39 is 0 Å². The fraction of sp³-hybridized carbons (Fsp3) is 0.667. The zero-order valence-corrected chi connectivity index (χ0v) is 13.5. The zero-order chi connectivity index (χ0) is 15.0. The van der Waals surface area contributed by atoms with Gasteiger partial charge in [-0.05, 0) is 45.7 Å². The van der Waals surface area contributed by atoms with Crippen LogP contribution in [0.2, 0.25) is 0 Å². The maximum Gasteiger partial charge on any atom is 0.223 e. The number of piperidine rings is 2. The van der Waals surface area contributed by atoms with E-state index in [-0.39, 0.29) is 0 Å². The van der Waals surface area contributed by atoms with Gasteiger partial charge >= 0.3 is 0 Å². The molecule has 5 nitrogen and oxygen atoms in total. The van der Waals surface area contributed by atoms with Gasteiger partial charge < -0.3 is 16.0 Å². The van der Waals surface area contributed by atoms with E-state index in [1.54, 1.807) is 0 Å². The highest BCUT2D eigenvalue weighted by Gasteiger charge is 2.36. The van der Waals surface area contributed by atoms with Crippen LogP contribution in [0.4, 0.5) is 5.95 Å². The van der Waals surface area contributed by atoms with Gasteiger partial charge in [0, 0.05) is 23.8 Å². The van der Waals surface area contributed by atoms with Crippen molar-refractivity contribution in [3.63, 3.8) is 0 Å². The van der Waals surface area contributed by atoms with Gasteiger partial charge in [0.2, 0.25) is 5.95 Å². The number of hydrogen-bond acceptors (Lipinski definition) is 5. The molecule has 0 amide bonds. The van der Waals surface area contributed by atoms with Crippen LogP contribution in [0.1, 0.15) is 43.5 Å². The summed E-state index contributed by atoms with van der Waals surface area (Å²) < 4.78 is 0. The number of fused-ring (bicyclic) bond motifs is 2. The Morgan fingerprint density at radius 3 is 2.62 bits per heavy atom. The second-order valence-electron chi connectivity index (χ2n) is 6.30. The molecule has 0 saturated carbocycles. The maximum absolute atomic E-state index is 5.68. The Morgan fingerprint density at radius 1 is 1.33 bits per heavy atom. The number of hydrogen-bond donors (Lipinski definition) is 2. The molecule has 3 N–H and O–H groups in total. The van der Waals surface area contributed by atoms with Gasteiger partial charge in [0.25, 0.3) is 0 Å². The molecule has 2 fully saturated rings. The predicted octanol–water partition coefficient (Wildman–Crippen LogP) is 1.85. The first kappa shape index (κ1) is 14.7. The molecule has 3 heterocycles. The van der Waals surface area contributed by atoms with Crippen molar-refractivity contribution in [1.82, 2.24) is 14.9 Å². The molecule has 2 atom stereocenters. The van der Waals surface area contributed by atoms with Gasteiger partial charge in [0.1, 0.15) is 10.7 Å². The molecule has 2 unspecified atom stereocenters. The number of anilines is 1. The first-order valence-corrected chi connectivity index (χ1v) is 8.07. The Labute approximate surface area is 131 Å². The van der Waals surface area contributed by atoms with Crippen LogP contribution in [0.3, 0.4) is 0 Å². The lowest BCUT2D eigenvalue weighted by Gasteiger charge is -2.47. The Balaban J connectivity index is 1.74. The smallest absolute Gasteiger partial charge is 0.223 e. The molecule has 1 aromatic heterocycles. The van der Waals surface area contributed by atoms with Crippen molar-refractivity contribution in [2.24, 2.45) is 5.73 Å². The van der Waals surface area contributed by atoms with E-state index in [4.69, 9.17) is 18.0 Å². The number of rotatable bonds is 3. The number of nitrogens with two attached hydrogens (primary N) is 1. The largest absolute Gasteiger partial charge is 0.388 e. The Morgan fingerprint density at radius 2 is 2.00 bits per heavy atom. The summed E-state index contributed by atoms with van der Waals surface area (Å²) >= 11 is 5.02. The fourth-order valence-electron chi connectivity index (χ4n) is 3.68. The summed E-state index contributed by atoms with van der Waals surface area (Å²) in [5.74, 6) is 0.658. The maximum atomic E-state index is 5.68. The minimum absolute atomic E-state index is 0.323. The highest BCUT2D eigenvalue weighted by molar-refractivity contribution is 7.80. The summed E-state index contributed by atoms with van der Waals surface area (Å²) in [4.78, 5) is 11.8.